The van der Waals surface area contributed by atoms with Crippen molar-refractivity contribution < 1.29 is 14.3 Å². The van der Waals surface area contributed by atoms with Gasteiger partial charge in [0.1, 0.15) is 6.04 Å². The fourth-order valence-electron chi connectivity index (χ4n) is 3.11. The molecule has 8 heteroatoms. The van der Waals surface area contributed by atoms with Gasteiger partial charge in [-0.1, -0.05) is 25.4 Å². The maximum Gasteiger partial charge on any atom is 0.251 e. The standard InChI is InChI=1S/C20H30ClN3O3.ClH/c1-14(2)18(23-19(25)15-4-6-16(21)7-5-15)20(26)24-11-8-17(9-12-24)27-13-3-10-22;/h4-7,14,17-18H,3,8-13,22H2,1-2H3,(H,23,25);1H. The maximum atomic E-state index is 13.0. The van der Waals surface area contributed by atoms with Crippen LogP contribution in [0.4, 0.5) is 0 Å². The minimum Gasteiger partial charge on any atom is -0.378 e. The third kappa shape index (κ3) is 7.24. The van der Waals surface area contributed by atoms with Crippen LogP contribution in [0.3, 0.4) is 0 Å². The zero-order valence-electron chi connectivity index (χ0n) is 16.5. The van der Waals surface area contributed by atoms with E-state index in [2.05, 4.69) is 5.32 Å². The molecule has 158 valence electrons. The molecule has 1 unspecified atom stereocenters. The summed E-state index contributed by atoms with van der Waals surface area (Å²) in [5.41, 5.74) is 5.97. The fraction of sp³-hybridized carbons (Fsp3) is 0.600. The Morgan fingerprint density at radius 2 is 1.86 bits per heavy atom. The minimum atomic E-state index is -0.553. The topological polar surface area (TPSA) is 84.7 Å². The number of halogens is 2. The number of likely N-dealkylation sites (tertiary alicyclic amines) is 1. The SMILES string of the molecule is CC(C)C(NC(=O)c1ccc(Cl)cc1)C(=O)N1CCC(OCCCN)CC1.Cl. The average molecular weight is 432 g/mol. The Morgan fingerprint density at radius 1 is 1.25 bits per heavy atom. The Balaban J connectivity index is 0.00000392. The van der Waals surface area contributed by atoms with Crippen molar-refractivity contribution in [3.63, 3.8) is 0 Å². The van der Waals surface area contributed by atoms with E-state index in [4.69, 9.17) is 22.1 Å². The van der Waals surface area contributed by atoms with Crippen LogP contribution in [0.2, 0.25) is 5.02 Å². The third-order valence-corrected chi connectivity index (χ3v) is 5.03. The summed E-state index contributed by atoms with van der Waals surface area (Å²) in [5, 5.41) is 3.45. The third-order valence-electron chi connectivity index (χ3n) is 4.78. The molecule has 1 atom stereocenters. The molecule has 6 nitrogen and oxygen atoms in total. The number of nitrogens with two attached hydrogens (primary N) is 1. The Kier molecular flexibility index (Phi) is 10.8. The molecule has 1 aromatic rings. The monoisotopic (exact) mass is 431 g/mol. The summed E-state index contributed by atoms with van der Waals surface area (Å²) in [6.07, 6.45) is 2.66. The van der Waals surface area contributed by atoms with E-state index >= 15 is 0 Å². The van der Waals surface area contributed by atoms with Crippen LogP contribution in [-0.4, -0.2) is 55.1 Å². The first-order valence-electron chi connectivity index (χ1n) is 9.59. The Hall–Kier alpha value is -1.34. The molecule has 1 fully saturated rings. The van der Waals surface area contributed by atoms with Crippen LogP contribution in [0.25, 0.3) is 0 Å². The van der Waals surface area contributed by atoms with Gasteiger partial charge in [-0.3, -0.25) is 9.59 Å². The molecule has 0 radical (unpaired) electrons. The number of piperidine rings is 1. The predicted octanol–water partition coefficient (Wildman–Crippen LogP) is 2.87. The largest absolute Gasteiger partial charge is 0.378 e. The van der Waals surface area contributed by atoms with Gasteiger partial charge in [0.25, 0.3) is 5.91 Å². The van der Waals surface area contributed by atoms with Gasteiger partial charge in [-0.25, -0.2) is 0 Å². The summed E-state index contributed by atoms with van der Waals surface area (Å²) in [6.45, 7) is 6.46. The molecular formula is C20H31Cl2N3O3. The van der Waals surface area contributed by atoms with Gasteiger partial charge in [0.2, 0.25) is 5.91 Å². The molecule has 0 spiro atoms. The predicted molar refractivity (Wildman–Crippen MR) is 114 cm³/mol. The lowest BCUT2D eigenvalue weighted by atomic mass is 10.00. The van der Waals surface area contributed by atoms with Crippen LogP contribution < -0.4 is 11.1 Å². The van der Waals surface area contributed by atoms with Crippen molar-refractivity contribution >= 4 is 35.8 Å². The van der Waals surface area contributed by atoms with Gasteiger partial charge in [0.05, 0.1) is 6.10 Å². The Labute approximate surface area is 178 Å². The molecule has 3 N–H and O–H groups in total. The molecule has 0 aliphatic carbocycles. The van der Waals surface area contributed by atoms with Gasteiger partial charge in [-0.05, 0) is 56.0 Å². The lowest BCUT2D eigenvalue weighted by molar-refractivity contribution is -0.137. The van der Waals surface area contributed by atoms with E-state index in [-0.39, 0.29) is 36.2 Å². The zero-order chi connectivity index (χ0) is 19.8. The van der Waals surface area contributed by atoms with E-state index in [9.17, 15) is 9.59 Å². The van der Waals surface area contributed by atoms with Crippen molar-refractivity contribution in [2.75, 3.05) is 26.2 Å². The van der Waals surface area contributed by atoms with Crippen LogP contribution in [0.15, 0.2) is 24.3 Å². The molecule has 0 aromatic heterocycles. The van der Waals surface area contributed by atoms with E-state index in [1.54, 1.807) is 24.3 Å². The maximum absolute atomic E-state index is 13.0. The number of rotatable bonds is 8. The number of ether oxygens (including phenoxy) is 1. The smallest absolute Gasteiger partial charge is 0.251 e. The number of hydrogen-bond acceptors (Lipinski definition) is 4. The summed E-state index contributed by atoms with van der Waals surface area (Å²) in [7, 11) is 0. The molecule has 1 aliphatic heterocycles. The van der Waals surface area contributed by atoms with Crippen LogP contribution in [-0.2, 0) is 9.53 Å². The van der Waals surface area contributed by atoms with Crippen LogP contribution in [0.1, 0.15) is 43.5 Å². The highest BCUT2D eigenvalue weighted by molar-refractivity contribution is 6.30. The molecule has 1 saturated heterocycles. The van der Waals surface area contributed by atoms with Crippen molar-refractivity contribution in [3.8, 4) is 0 Å². The number of benzene rings is 1. The van der Waals surface area contributed by atoms with E-state index in [1.807, 2.05) is 18.7 Å². The number of amides is 2. The van der Waals surface area contributed by atoms with Gasteiger partial charge in [0.15, 0.2) is 0 Å². The van der Waals surface area contributed by atoms with Gasteiger partial charge in [-0.2, -0.15) is 0 Å². The van der Waals surface area contributed by atoms with E-state index < -0.39 is 6.04 Å². The Bertz CT molecular complexity index is 618. The molecule has 1 aliphatic rings. The van der Waals surface area contributed by atoms with Crippen molar-refractivity contribution in [1.82, 2.24) is 10.2 Å². The second kappa shape index (κ2) is 12.3. The first-order chi connectivity index (χ1) is 12.9. The highest BCUT2D eigenvalue weighted by Gasteiger charge is 2.31. The van der Waals surface area contributed by atoms with Crippen molar-refractivity contribution in [1.29, 1.82) is 0 Å². The summed E-state index contributed by atoms with van der Waals surface area (Å²) in [6, 6.07) is 6.09. The molecular weight excluding hydrogens is 401 g/mol. The zero-order valence-corrected chi connectivity index (χ0v) is 18.1. The number of nitrogens with one attached hydrogen (secondary N) is 1. The second-order valence-corrected chi connectivity index (χ2v) is 7.68. The van der Waals surface area contributed by atoms with Crippen LogP contribution >= 0.6 is 24.0 Å². The lowest BCUT2D eigenvalue weighted by Crippen LogP contribution is -2.53. The minimum absolute atomic E-state index is 0. The van der Waals surface area contributed by atoms with E-state index in [0.29, 0.717) is 36.8 Å². The fourth-order valence-corrected chi connectivity index (χ4v) is 3.24. The molecule has 2 rings (SSSR count). The molecule has 0 saturated carbocycles. The molecule has 2 amide bonds. The number of nitrogens with zero attached hydrogens (tertiary/aromatic N) is 1. The first-order valence-corrected chi connectivity index (χ1v) is 9.97. The molecule has 1 aromatic carbocycles. The van der Waals surface area contributed by atoms with Gasteiger partial charge < -0.3 is 20.7 Å². The lowest BCUT2D eigenvalue weighted by Gasteiger charge is -2.35. The van der Waals surface area contributed by atoms with Crippen molar-refractivity contribution in [2.45, 2.75) is 45.3 Å². The highest BCUT2D eigenvalue weighted by atomic mass is 35.5. The number of carbonyl (C=O) groups excluding carboxylic acids is 2. The molecule has 1 heterocycles. The van der Waals surface area contributed by atoms with Gasteiger partial charge in [-0.15, -0.1) is 12.4 Å². The summed E-state index contributed by atoms with van der Waals surface area (Å²) < 4.78 is 5.79. The first kappa shape index (κ1) is 24.7. The van der Waals surface area contributed by atoms with Crippen molar-refractivity contribution in [2.24, 2.45) is 11.7 Å². The van der Waals surface area contributed by atoms with Gasteiger partial charge >= 0.3 is 0 Å². The second-order valence-electron chi connectivity index (χ2n) is 7.24. The normalized spacial score (nSPS) is 15.8. The van der Waals surface area contributed by atoms with E-state index in [1.165, 1.54) is 0 Å². The van der Waals surface area contributed by atoms with E-state index in [0.717, 1.165) is 19.3 Å². The van der Waals surface area contributed by atoms with Crippen LogP contribution in [0, 0.1) is 5.92 Å². The average Bonchev–Trinajstić information content (AvgIpc) is 2.66. The van der Waals surface area contributed by atoms with Crippen molar-refractivity contribution in [3.05, 3.63) is 34.9 Å². The summed E-state index contributed by atoms with van der Waals surface area (Å²) in [4.78, 5) is 27.3. The number of hydrogen-bond donors (Lipinski definition) is 2. The molecule has 28 heavy (non-hydrogen) atoms. The Morgan fingerprint density at radius 3 is 2.39 bits per heavy atom. The highest BCUT2D eigenvalue weighted by Crippen LogP contribution is 2.17. The summed E-state index contributed by atoms with van der Waals surface area (Å²) >= 11 is 5.87. The van der Waals surface area contributed by atoms with Crippen LogP contribution in [0.5, 0.6) is 0 Å². The summed E-state index contributed by atoms with van der Waals surface area (Å²) in [5.74, 6) is -0.307. The number of carbonyl (C=O) groups is 2. The quantitative estimate of drug-likeness (QED) is 0.619. The van der Waals surface area contributed by atoms with Gasteiger partial charge in [0, 0.05) is 30.3 Å². The molecule has 0 bridgehead atoms.